The highest BCUT2D eigenvalue weighted by atomic mass is 16.1. The Balaban J connectivity index is 3.00. The van der Waals surface area contributed by atoms with Crippen molar-refractivity contribution in [2.75, 3.05) is 12.4 Å². The Morgan fingerprint density at radius 3 is 2.44 bits per heavy atom. The van der Waals surface area contributed by atoms with Crippen molar-refractivity contribution in [3.8, 4) is 0 Å². The summed E-state index contributed by atoms with van der Waals surface area (Å²) in [7, 11) is 1.72. The average molecular weight is 217 g/mol. The van der Waals surface area contributed by atoms with E-state index in [0.29, 0.717) is 6.41 Å². The van der Waals surface area contributed by atoms with Crippen molar-refractivity contribution in [3.05, 3.63) is 41.6 Å². The summed E-state index contributed by atoms with van der Waals surface area (Å²) >= 11 is 0. The first-order chi connectivity index (χ1) is 7.72. The zero-order chi connectivity index (χ0) is 12.0. The maximum absolute atomic E-state index is 10.2. The van der Waals surface area contributed by atoms with Crippen LogP contribution >= 0.6 is 0 Å². The molecule has 0 aliphatic carbocycles. The maximum Gasteiger partial charge on any atom is 0.211 e. The monoisotopic (exact) mass is 217 g/mol. The van der Waals surface area contributed by atoms with Crippen LogP contribution in [0.5, 0.6) is 0 Å². The van der Waals surface area contributed by atoms with Crippen LogP contribution in [0, 0.1) is 0 Å². The van der Waals surface area contributed by atoms with E-state index < -0.39 is 0 Å². The third kappa shape index (κ3) is 2.70. The summed E-state index contributed by atoms with van der Waals surface area (Å²) in [6, 6.07) is 7.42. The second-order valence-corrected chi connectivity index (χ2v) is 3.26. The molecule has 1 amide bonds. The minimum atomic E-state index is 0.648. The number of carbonyl (C=O) groups is 1. The predicted octanol–water partition coefficient (Wildman–Crippen LogP) is 1.54. The lowest BCUT2D eigenvalue weighted by atomic mass is 10.0. The number of amides is 1. The molecular weight excluding hydrogens is 202 g/mol. The summed E-state index contributed by atoms with van der Waals surface area (Å²) in [5.74, 6) is 0. The lowest BCUT2D eigenvalue weighted by molar-refractivity contribution is -0.105. The number of allylic oxidation sites excluding steroid dienone is 1. The van der Waals surface area contributed by atoms with E-state index in [9.17, 15) is 4.79 Å². The first kappa shape index (κ1) is 12.0. The summed E-state index contributed by atoms with van der Waals surface area (Å²) in [4.78, 5) is 14.4. The Kier molecular flexibility index (Phi) is 4.27. The van der Waals surface area contributed by atoms with Crippen molar-refractivity contribution in [2.24, 2.45) is 10.7 Å². The highest BCUT2D eigenvalue weighted by molar-refractivity contribution is 6.12. The van der Waals surface area contributed by atoms with Gasteiger partial charge in [-0.3, -0.25) is 9.79 Å². The summed E-state index contributed by atoms with van der Waals surface area (Å²) < 4.78 is 0. The topological polar surface area (TPSA) is 67.5 Å². The molecule has 0 atom stereocenters. The maximum atomic E-state index is 10.2. The van der Waals surface area contributed by atoms with E-state index in [1.54, 1.807) is 7.05 Å². The molecule has 1 rings (SSSR count). The fourth-order valence-corrected chi connectivity index (χ4v) is 1.40. The first-order valence-corrected chi connectivity index (χ1v) is 4.89. The summed E-state index contributed by atoms with van der Waals surface area (Å²) in [6.45, 7) is 1.90. The van der Waals surface area contributed by atoms with Crippen LogP contribution in [-0.4, -0.2) is 19.2 Å². The van der Waals surface area contributed by atoms with E-state index >= 15 is 0 Å². The van der Waals surface area contributed by atoms with Crippen molar-refractivity contribution in [2.45, 2.75) is 6.92 Å². The summed E-state index contributed by atoms with van der Waals surface area (Å²) in [5, 5.41) is 2.58. The van der Waals surface area contributed by atoms with Gasteiger partial charge in [0.15, 0.2) is 0 Å². The third-order valence-corrected chi connectivity index (χ3v) is 2.23. The van der Waals surface area contributed by atoms with Crippen molar-refractivity contribution >= 4 is 17.8 Å². The average Bonchev–Trinajstić information content (AvgIpc) is 2.32. The number of nitrogens with zero attached hydrogens (tertiary/aromatic N) is 1. The molecule has 3 N–H and O–H groups in total. The van der Waals surface area contributed by atoms with Gasteiger partial charge in [-0.1, -0.05) is 12.1 Å². The SMILES string of the molecule is CN=C(/C(C)=C\N)c1ccc(NC=O)cc1. The third-order valence-electron chi connectivity index (χ3n) is 2.23. The van der Waals surface area contributed by atoms with E-state index in [1.165, 1.54) is 6.20 Å². The number of carbonyl (C=O) groups excluding carboxylic acids is 1. The minimum absolute atomic E-state index is 0.648. The van der Waals surface area contributed by atoms with Gasteiger partial charge in [-0.25, -0.2) is 0 Å². The molecule has 0 radical (unpaired) electrons. The van der Waals surface area contributed by atoms with Crippen molar-refractivity contribution in [3.63, 3.8) is 0 Å². The van der Waals surface area contributed by atoms with E-state index in [-0.39, 0.29) is 0 Å². The van der Waals surface area contributed by atoms with Gasteiger partial charge in [-0.05, 0) is 30.8 Å². The van der Waals surface area contributed by atoms with Crippen LogP contribution < -0.4 is 11.1 Å². The van der Waals surface area contributed by atoms with Gasteiger partial charge in [0.05, 0.1) is 5.71 Å². The quantitative estimate of drug-likeness (QED) is 0.593. The Hall–Kier alpha value is -2.10. The smallest absolute Gasteiger partial charge is 0.211 e. The Morgan fingerprint density at radius 1 is 1.38 bits per heavy atom. The van der Waals surface area contributed by atoms with Gasteiger partial charge < -0.3 is 11.1 Å². The number of nitrogens with two attached hydrogens (primary N) is 1. The molecular formula is C12H15N3O. The molecule has 0 fully saturated rings. The van der Waals surface area contributed by atoms with Gasteiger partial charge in [0.1, 0.15) is 0 Å². The van der Waals surface area contributed by atoms with Crippen LogP contribution in [-0.2, 0) is 4.79 Å². The number of aliphatic imine (C=N–C) groups is 1. The van der Waals surface area contributed by atoms with Crippen LogP contribution in [0.2, 0.25) is 0 Å². The number of hydrogen-bond donors (Lipinski definition) is 2. The standard InChI is InChI=1S/C12H15N3O/c1-9(7-13)12(14-2)10-3-5-11(6-4-10)15-8-16/h3-8H,13H2,1-2H3,(H,15,16)/b9-7-,14-12?. The molecule has 0 aromatic heterocycles. The van der Waals surface area contributed by atoms with E-state index in [2.05, 4.69) is 10.3 Å². The van der Waals surface area contributed by atoms with E-state index in [4.69, 9.17) is 5.73 Å². The molecule has 0 bridgehead atoms. The molecule has 84 valence electrons. The zero-order valence-corrected chi connectivity index (χ0v) is 9.40. The van der Waals surface area contributed by atoms with Crippen molar-refractivity contribution in [1.29, 1.82) is 0 Å². The lowest BCUT2D eigenvalue weighted by Crippen LogP contribution is -2.05. The van der Waals surface area contributed by atoms with Gasteiger partial charge in [0.25, 0.3) is 0 Å². The first-order valence-electron chi connectivity index (χ1n) is 4.89. The van der Waals surface area contributed by atoms with E-state index in [1.807, 2.05) is 31.2 Å². The normalized spacial score (nSPS) is 12.4. The molecule has 0 heterocycles. The highest BCUT2D eigenvalue weighted by Gasteiger charge is 2.04. The molecule has 16 heavy (non-hydrogen) atoms. The van der Waals surface area contributed by atoms with E-state index in [0.717, 1.165) is 22.5 Å². The molecule has 0 saturated heterocycles. The van der Waals surface area contributed by atoms with Crippen LogP contribution in [0.1, 0.15) is 12.5 Å². The van der Waals surface area contributed by atoms with Crippen LogP contribution in [0.25, 0.3) is 0 Å². The molecule has 0 aliphatic heterocycles. The van der Waals surface area contributed by atoms with Crippen LogP contribution in [0.15, 0.2) is 41.0 Å². The van der Waals surface area contributed by atoms with Gasteiger partial charge in [-0.2, -0.15) is 0 Å². The van der Waals surface area contributed by atoms with Crippen molar-refractivity contribution in [1.82, 2.24) is 0 Å². The predicted molar refractivity (Wildman–Crippen MR) is 66.5 cm³/mol. The van der Waals surface area contributed by atoms with Gasteiger partial charge in [0.2, 0.25) is 6.41 Å². The number of anilines is 1. The highest BCUT2D eigenvalue weighted by Crippen LogP contribution is 2.13. The zero-order valence-electron chi connectivity index (χ0n) is 9.40. The Morgan fingerprint density at radius 2 is 2.00 bits per heavy atom. The van der Waals surface area contributed by atoms with Crippen LogP contribution in [0.3, 0.4) is 0 Å². The second kappa shape index (κ2) is 5.70. The molecule has 4 heteroatoms. The number of rotatable bonds is 4. The Labute approximate surface area is 94.9 Å². The fourth-order valence-electron chi connectivity index (χ4n) is 1.40. The largest absolute Gasteiger partial charge is 0.404 e. The van der Waals surface area contributed by atoms with Gasteiger partial charge in [-0.15, -0.1) is 0 Å². The van der Waals surface area contributed by atoms with Crippen LogP contribution in [0.4, 0.5) is 5.69 Å². The van der Waals surface area contributed by atoms with Gasteiger partial charge in [0, 0.05) is 18.3 Å². The number of hydrogen-bond acceptors (Lipinski definition) is 3. The minimum Gasteiger partial charge on any atom is -0.404 e. The fraction of sp³-hybridized carbons (Fsp3) is 0.167. The number of nitrogens with one attached hydrogen (secondary N) is 1. The second-order valence-electron chi connectivity index (χ2n) is 3.26. The molecule has 0 spiro atoms. The molecule has 4 nitrogen and oxygen atoms in total. The molecule has 0 unspecified atom stereocenters. The molecule has 0 saturated carbocycles. The van der Waals surface area contributed by atoms with Gasteiger partial charge >= 0.3 is 0 Å². The molecule has 1 aromatic carbocycles. The summed E-state index contributed by atoms with van der Waals surface area (Å²) in [5.41, 5.74) is 8.95. The molecule has 1 aromatic rings. The van der Waals surface area contributed by atoms with Crippen molar-refractivity contribution < 1.29 is 4.79 Å². The Bertz CT molecular complexity index is 418. The molecule has 0 aliphatic rings. The summed E-state index contributed by atoms with van der Waals surface area (Å²) in [6.07, 6.45) is 2.18. The number of benzene rings is 1. The lowest BCUT2D eigenvalue weighted by Gasteiger charge is -2.06.